The van der Waals surface area contributed by atoms with E-state index < -0.39 is 17.2 Å². The molecule has 1 N–H and O–H groups in total. The molecule has 6 nitrogen and oxygen atoms in total. The Morgan fingerprint density at radius 3 is 2.56 bits per heavy atom. The molecule has 2 heterocycles. The van der Waals surface area contributed by atoms with Gasteiger partial charge in [-0.2, -0.15) is 9.78 Å². The second kappa shape index (κ2) is 9.67. The van der Waals surface area contributed by atoms with Crippen LogP contribution in [0.4, 0.5) is 25.8 Å². The summed E-state index contributed by atoms with van der Waals surface area (Å²) in [4.78, 5) is 14.4. The number of halogens is 3. The summed E-state index contributed by atoms with van der Waals surface area (Å²) in [7, 11) is 1.70. The van der Waals surface area contributed by atoms with E-state index in [1.807, 2.05) is 0 Å². The Hall–Kier alpha value is -2.97. The van der Waals surface area contributed by atoms with Crippen LogP contribution in [0.3, 0.4) is 0 Å². The van der Waals surface area contributed by atoms with E-state index >= 15 is 0 Å². The number of ether oxygens (including phenoxy) is 1. The van der Waals surface area contributed by atoms with E-state index in [-0.39, 0.29) is 5.02 Å². The van der Waals surface area contributed by atoms with Crippen LogP contribution in [0.1, 0.15) is 12.8 Å². The van der Waals surface area contributed by atoms with Gasteiger partial charge in [-0.15, -0.1) is 0 Å². The molecule has 0 bridgehead atoms. The highest BCUT2D eigenvalue weighted by Crippen LogP contribution is 2.26. The van der Waals surface area contributed by atoms with Gasteiger partial charge < -0.3 is 15.0 Å². The molecule has 9 heteroatoms. The maximum atomic E-state index is 13.5. The zero-order chi connectivity index (χ0) is 22.7. The van der Waals surface area contributed by atoms with Crippen molar-refractivity contribution < 1.29 is 13.5 Å². The molecular weight excluding hydrogens is 438 g/mol. The van der Waals surface area contributed by atoms with Crippen LogP contribution in [0.5, 0.6) is 0 Å². The van der Waals surface area contributed by atoms with Gasteiger partial charge in [0, 0.05) is 37.6 Å². The average molecular weight is 461 g/mol. The van der Waals surface area contributed by atoms with Gasteiger partial charge in [-0.05, 0) is 55.2 Å². The molecule has 1 atom stereocenters. The van der Waals surface area contributed by atoms with Gasteiger partial charge in [0.15, 0.2) is 0 Å². The SMILES string of the molecule is CN(c1ccc(-n2ncc(NC[C@H]3CCCOC3)c(Cl)c2=O)cc1)c1cc(F)cc(F)c1. The standard InChI is InChI=1S/C23H23ClF2N4O2/c1-29(20-10-16(25)9-17(26)11-20)18-4-6-19(7-5-18)30-23(31)22(24)21(13-28-30)27-12-15-3-2-8-32-14-15/h4-7,9-11,13,15,27H,2-3,8,12,14H2,1H3/t15-/m1/s1. The van der Waals surface area contributed by atoms with Crippen LogP contribution in [0.2, 0.25) is 5.02 Å². The minimum atomic E-state index is -0.654. The number of hydrogen-bond acceptors (Lipinski definition) is 5. The Kier molecular flexibility index (Phi) is 6.72. The Balaban J connectivity index is 1.51. The van der Waals surface area contributed by atoms with Crippen LogP contribution in [0.25, 0.3) is 5.69 Å². The fraction of sp³-hybridized carbons (Fsp3) is 0.304. The first-order chi connectivity index (χ1) is 15.4. The molecule has 0 saturated carbocycles. The number of hydrogen-bond donors (Lipinski definition) is 1. The fourth-order valence-corrected chi connectivity index (χ4v) is 3.86. The third-order valence-electron chi connectivity index (χ3n) is 5.47. The average Bonchev–Trinajstić information content (AvgIpc) is 2.80. The number of nitrogens with one attached hydrogen (secondary N) is 1. The molecule has 4 rings (SSSR count). The molecule has 0 aliphatic carbocycles. The van der Waals surface area contributed by atoms with Gasteiger partial charge in [0.2, 0.25) is 0 Å². The summed E-state index contributed by atoms with van der Waals surface area (Å²) in [5.74, 6) is -0.935. The lowest BCUT2D eigenvalue weighted by Crippen LogP contribution is -2.26. The van der Waals surface area contributed by atoms with Crippen molar-refractivity contribution >= 4 is 28.7 Å². The minimum Gasteiger partial charge on any atom is -0.382 e. The van der Waals surface area contributed by atoms with Gasteiger partial charge in [-0.25, -0.2) is 8.78 Å². The molecule has 0 amide bonds. The molecule has 0 spiro atoms. The first-order valence-corrected chi connectivity index (χ1v) is 10.7. The van der Waals surface area contributed by atoms with E-state index in [1.165, 1.54) is 23.0 Å². The van der Waals surface area contributed by atoms with Crippen LogP contribution >= 0.6 is 11.6 Å². The van der Waals surface area contributed by atoms with Gasteiger partial charge in [-0.3, -0.25) is 4.79 Å². The summed E-state index contributed by atoms with van der Waals surface area (Å²) < 4.78 is 33.7. The molecule has 0 radical (unpaired) electrons. The van der Waals surface area contributed by atoms with Crippen LogP contribution in [-0.4, -0.2) is 36.6 Å². The van der Waals surface area contributed by atoms with Crippen LogP contribution in [0.15, 0.2) is 53.5 Å². The smallest absolute Gasteiger partial charge is 0.292 e. The predicted molar refractivity (Wildman–Crippen MR) is 121 cm³/mol. The third kappa shape index (κ3) is 4.92. The predicted octanol–water partition coefficient (Wildman–Crippen LogP) is 4.77. The van der Waals surface area contributed by atoms with E-state index in [1.54, 1.807) is 36.2 Å². The lowest BCUT2D eigenvalue weighted by atomic mass is 10.0. The summed E-state index contributed by atoms with van der Waals surface area (Å²) >= 11 is 6.31. The molecule has 1 aliphatic rings. The minimum absolute atomic E-state index is 0.0631. The normalized spacial score (nSPS) is 16.1. The van der Waals surface area contributed by atoms with Crippen LogP contribution in [-0.2, 0) is 4.74 Å². The van der Waals surface area contributed by atoms with E-state index in [0.29, 0.717) is 41.8 Å². The summed E-state index contributed by atoms with van der Waals surface area (Å²) in [5.41, 5.74) is 1.62. The van der Waals surface area contributed by atoms with Crippen molar-refractivity contribution in [3.8, 4) is 5.69 Å². The molecule has 0 unspecified atom stereocenters. The second-order valence-corrected chi connectivity index (χ2v) is 8.13. The molecule has 168 valence electrons. The van der Waals surface area contributed by atoms with E-state index in [4.69, 9.17) is 16.3 Å². The van der Waals surface area contributed by atoms with Gasteiger partial charge in [0.25, 0.3) is 5.56 Å². The Bertz CT molecular complexity index is 1130. The van der Waals surface area contributed by atoms with Crippen molar-refractivity contribution in [2.75, 3.05) is 37.0 Å². The molecule has 1 aliphatic heterocycles. The van der Waals surface area contributed by atoms with Gasteiger partial charge in [-0.1, -0.05) is 11.6 Å². The highest BCUT2D eigenvalue weighted by atomic mass is 35.5. The largest absolute Gasteiger partial charge is 0.382 e. The number of rotatable bonds is 6. The van der Waals surface area contributed by atoms with E-state index in [0.717, 1.165) is 25.5 Å². The zero-order valence-electron chi connectivity index (χ0n) is 17.5. The van der Waals surface area contributed by atoms with Gasteiger partial charge in [0.05, 0.1) is 24.2 Å². The first kappa shape index (κ1) is 22.2. The second-order valence-electron chi connectivity index (χ2n) is 7.76. The summed E-state index contributed by atoms with van der Waals surface area (Å²) in [6, 6.07) is 10.2. The zero-order valence-corrected chi connectivity index (χ0v) is 18.3. The maximum Gasteiger partial charge on any atom is 0.292 e. The number of anilines is 3. The fourth-order valence-electron chi connectivity index (χ4n) is 3.66. The Morgan fingerprint density at radius 2 is 1.91 bits per heavy atom. The molecule has 1 fully saturated rings. The highest BCUT2D eigenvalue weighted by Gasteiger charge is 2.16. The number of nitrogens with zero attached hydrogens (tertiary/aromatic N) is 3. The van der Waals surface area contributed by atoms with E-state index in [2.05, 4.69) is 10.4 Å². The van der Waals surface area contributed by atoms with Crippen molar-refractivity contribution in [1.82, 2.24) is 9.78 Å². The van der Waals surface area contributed by atoms with Crippen molar-refractivity contribution in [1.29, 1.82) is 0 Å². The topological polar surface area (TPSA) is 59.4 Å². The lowest BCUT2D eigenvalue weighted by molar-refractivity contribution is 0.0595. The lowest BCUT2D eigenvalue weighted by Gasteiger charge is -2.23. The monoisotopic (exact) mass is 460 g/mol. The third-order valence-corrected chi connectivity index (χ3v) is 5.84. The van der Waals surface area contributed by atoms with Crippen molar-refractivity contribution in [2.24, 2.45) is 5.92 Å². The van der Waals surface area contributed by atoms with E-state index in [9.17, 15) is 13.6 Å². The molecular formula is C23H23ClF2N4O2. The van der Waals surface area contributed by atoms with Crippen molar-refractivity contribution in [3.63, 3.8) is 0 Å². The molecule has 2 aromatic carbocycles. The maximum absolute atomic E-state index is 13.5. The van der Waals surface area contributed by atoms with Crippen molar-refractivity contribution in [3.05, 3.63) is 75.7 Å². The number of aromatic nitrogens is 2. The Morgan fingerprint density at radius 1 is 1.19 bits per heavy atom. The van der Waals surface area contributed by atoms with Crippen LogP contribution in [0, 0.1) is 17.6 Å². The molecule has 3 aromatic rings. The summed E-state index contributed by atoms with van der Waals surface area (Å²) in [5, 5.41) is 7.50. The molecule has 32 heavy (non-hydrogen) atoms. The quantitative estimate of drug-likeness (QED) is 0.574. The summed E-state index contributed by atoms with van der Waals surface area (Å²) in [6.45, 7) is 2.15. The van der Waals surface area contributed by atoms with Gasteiger partial charge in [0.1, 0.15) is 16.7 Å². The van der Waals surface area contributed by atoms with Crippen LogP contribution < -0.4 is 15.8 Å². The molecule has 1 saturated heterocycles. The first-order valence-electron chi connectivity index (χ1n) is 10.3. The highest BCUT2D eigenvalue weighted by molar-refractivity contribution is 6.32. The Labute approximate surface area is 189 Å². The summed E-state index contributed by atoms with van der Waals surface area (Å²) in [6.07, 6.45) is 3.63. The van der Waals surface area contributed by atoms with Gasteiger partial charge >= 0.3 is 0 Å². The number of benzene rings is 2. The van der Waals surface area contributed by atoms with Crippen molar-refractivity contribution in [2.45, 2.75) is 12.8 Å². The molecule has 1 aromatic heterocycles.